The van der Waals surface area contributed by atoms with Crippen molar-refractivity contribution in [1.82, 2.24) is 14.6 Å². The Morgan fingerprint density at radius 1 is 1.22 bits per heavy atom. The molecule has 1 atom stereocenters. The first-order valence-electron chi connectivity index (χ1n) is 11.9. The molecule has 1 amide bonds. The molecule has 2 aromatic carbocycles. The van der Waals surface area contributed by atoms with Gasteiger partial charge < -0.3 is 19.1 Å². The van der Waals surface area contributed by atoms with Crippen LogP contribution in [0.2, 0.25) is 0 Å². The maximum absolute atomic E-state index is 13.5. The summed E-state index contributed by atoms with van der Waals surface area (Å²) >= 11 is 6.92. The van der Waals surface area contributed by atoms with Crippen LogP contribution in [0.5, 0.6) is 11.5 Å². The van der Waals surface area contributed by atoms with E-state index in [1.807, 2.05) is 26.0 Å². The summed E-state index contributed by atoms with van der Waals surface area (Å²) in [6.07, 6.45) is 2.31. The fourth-order valence-corrected chi connectivity index (χ4v) is 4.74. The number of carbonyl (C=O) groups is 1. The summed E-state index contributed by atoms with van der Waals surface area (Å²) < 4.78 is 19.6. The van der Waals surface area contributed by atoms with E-state index in [-0.39, 0.29) is 24.0 Å². The minimum atomic E-state index is -0.273. The van der Waals surface area contributed by atoms with Crippen LogP contribution in [0, 0.1) is 0 Å². The Hall–Kier alpha value is -2.76. The highest BCUT2D eigenvalue weighted by molar-refractivity contribution is 9.10. The van der Waals surface area contributed by atoms with Gasteiger partial charge in [0.1, 0.15) is 5.82 Å². The number of aromatic nitrogens is 2. The minimum Gasteiger partial charge on any atom is -0.493 e. The van der Waals surface area contributed by atoms with Crippen LogP contribution in [0.4, 0.5) is 0 Å². The lowest BCUT2D eigenvalue weighted by atomic mass is 10.1. The van der Waals surface area contributed by atoms with Crippen molar-refractivity contribution in [1.29, 1.82) is 0 Å². The van der Waals surface area contributed by atoms with Crippen molar-refractivity contribution in [3.05, 3.63) is 61.0 Å². The molecule has 1 aliphatic heterocycles. The van der Waals surface area contributed by atoms with Crippen LogP contribution >= 0.6 is 31.9 Å². The fraction of sp³-hybridized carbons (Fsp3) is 0.385. The predicted octanol–water partition coefficient (Wildman–Crippen LogP) is 4.56. The van der Waals surface area contributed by atoms with Gasteiger partial charge in [0.2, 0.25) is 0 Å². The van der Waals surface area contributed by atoms with E-state index in [1.54, 1.807) is 23.1 Å². The lowest BCUT2D eigenvalue weighted by Gasteiger charge is -2.27. The molecule has 4 rings (SSSR count). The van der Waals surface area contributed by atoms with Gasteiger partial charge in [0.15, 0.2) is 18.1 Å². The molecule has 0 radical (unpaired) electrons. The topological polar surface area (TPSA) is 95.2 Å². The summed E-state index contributed by atoms with van der Waals surface area (Å²) in [5.41, 5.74) is 0.881. The SMILES string of the molecule is CC[C@H](C)c1nc2ccc(Br)cc2c(=O)n1N=Cc1cc(Br)cc(OC)c1OCC(=O)N1CCOCC1. The van der Waals surface area contributed by atoms with E-state index < -0.39 is 0 Å². The average Bonchev–Trinajstić information content (AvgIpc) is 2.91. The summed E-state index contributed by atoms with van der Waals surface area (Å²) in [6.45, 7) is 5.95. The Kier molecular flexibility index (Phi) is 8.99. The Morgan fingerprint density at radius 3 is 2.68 bits per heavy atom. The average molecular weight is 636 g/mol. The fourth-order valence-electron chi connectivity index (χ4n) is 3.93. The summed E-state index contributed by atoms with van der Waals surface area (Å²) in [5.74, 6) is 1.20. The zero-order valence-corrected chi connectivity index (χ0v) is 24.0. The minimum absolute atomic E-state index is 0.00296. The second-order valence-electron chi connectivity index (χ2n) is 8.61. The quantitative estimate of drug-likeness (QED) is 0.337. The Labute approximate surface area is 231 Å². The molecule has 11 heteroatoms. The van der Waals surface area contributed by atoms with Crippen LogP contribution in [0.1, 0.15) is 37.6 Å². The lowest BCUT2D eigenvalue weighted by Crippen LogP contribution is -2.43. The van der Waals surface area contributed by atoms with E-state index in [0.717, 1.165) is 15.4 Å². The number of benzene rings is 2. The van der Waals surface area contributed by atoms with Gasteiger partial charge in [-0.25, -0.2) is 4.98 Å². The molecule has 37 heavy (non-hydrogen) atoms. The van der Waals surface area contributed by atoms with Crippen LogP contribution in [-0.2, 0) is 9.53 Å². The van der Waals surface area contributed by atoms with Gasteiger partial charge in [0, 0.05) is 33.5 Å². The molecule has 1 saturated heterocycles. The summed E-state index contributed by atoms with van der Waals surface area (Å²) in [5, 5.41) is 5.01. The van der Waals surface area contributed by atoms with Crippen LogP contribution in [0.3, 0.4) is 0 Å². The molecule has 9 nitrogen and oxygen atoms in total. The lowest BCUT2D eigenvalue weighted by molar-refractivity contribution is -0.137. The molecule has 1 aliphatic rings. The van der Waals surface area contributed by atoms with Crippen molar-refractivity contribution in [2.45, 2.75) is 26.2 Å². The first-order chi connectivity index (χ1) is 17.8. The highest BCUT2D eigenvalue weighted by atomic mass is 79.9. The van der Waals surface area contributed by atoms with E-state index in [0.29, 0.717) is 60.1 Å². The molecular weight excluding hydrogens is 608 g/mol. The van der Waals surface area contributed by atoms with Crippen molar-refractivity contribution in [3.63, 3.8) is 0 Å². The van der Waals surface area contributed by atoms with E-state index >= 15 is 0 Å². The number of ether oxygens (including phenoxy) is 3. The molecule has 0 unspecified atom stereocenters. The molecule has 0 bridgehead atoms. The smallest absolute Gasteiger partial charge is 0.282 e. The third-order valence-electron chi connectivity index (χ3n) is 6.17. The van der Waals surface area contributed by atoms with Crippen LogP contribution < -0.4 is 15.0 Å². The number of carbonyl (C=O) groups excluding carboxylic acids is 1. The second-order valence-corrected chi connectivity index (χ2v) is 10.4. The third-order valence-corrected chi connectivity index (χ3v) is 7.12. The van der Waals surface area contributed by atoms with Crippen molar-refractivity contribution < 1.29 is 19.0 Å². The van der Waals surface area contributed by atoms with Gasteiger partial charge in [-0.15, -0.1) is 0 Å². The van der Waals surface area contributed by atoms with E-state index in [2.05, 4.69) is 37.0 Å². The van der Waals surface area contributed by atoms with E-state index in [9.17, 15) is 9.59 Å². The number of hydrogen-bond acceptors (Lipinski definition) is 7. The van der Waals surface area contributed by atoms with Gasteiger partial charge >= 0.3 is 0 Å². The number of fused-ring (bicyclic) bond motifs is 1. The maximum Gasteiger partial charge on any atom is 0.282 e. The van der Waals surface area contributed by atoms with Gasteiger partial charge in [-0.1, -0.05) is 45.7 Å². The predicted molar refractivity (Wildman–Crippen MR) is 149 cm³/mol. The molecule has 1 aromatic heterocycles. The molecule has 1 fully saturated rings. The van der Waals surface area contributed by atoms with Crippen molar-refractivity contribution >= 4 is 54.9 Å². The maximum atomic E-state index is 13.5. The second kappa shape index (κ2) is 12.2. The molecule has 0 N–H and O–H groups in total. The third kappa shape index (κ3) is 6.22. The number of nitrogens with zero attached hydrogens (tertiary/aromatic N) is 4. The number of methoxy groups -OCH3 is 1. The highest BCUT2D eigenvalue weighted by Gasteiger charge is 2.20. The Morgan fingerprint density at radius 2 is 1.97 bits per heavy atom. The largest absolute Gasteiger partial charge is 0.493 e. The number of amides is 1. The Bertz CT molecular complexity index is 1390. The van der Waals surface area contributed by atoms with Crippen molar-refractivity contribution in [3.8, 4) is 11.5 Å². The molecule has 2 heterocycles. The van der Waals surface area contributed by atoms with Crippen molar-refractivity contribution in [2.24, 2.45) is 5.10 Å². The zero-order valence-electron chi connectivity index (χ0n) is 20.9. The van der Waals surface area contributed by atoms with Crippen LogP contribution in [0.25, 0.3) is 10.9 Å². The summed E-state index contributed by atoms with van der Waals surface area (Å²) in [4.78, 5) is 32.6. The normalized spacial score (nSPS) is 14.8. The van der Waals surface area contributed by atoms with Gasteiger partial charge in [-0.2, -0.15) is 9.78 Å². The van der Waals surface area contributed by atoms with Crippen LogP contribution in [0.15, 0.2) is 49.2 Å². The number of hydrogen-bond donors (Lipinski definition) is 0. The molecular formula is C26H28Br2N4O5. The zero-order chi connectivity index (χ0) is 26.5. The van der Waals surface area contributed by atoms with E-state index in [1.165, 1.54) is 18.0 Å². The van der Waals surface area contributed by atoms with Crippen molar-refractivity contribution in [2.75, 3.05) is 40.0 Å². The first-order valence-corrected chi connectivity index (χ1v) is 13.5. The molecule has 0 saturated carbocycles. The molecule has 196 valence electrons. The molecule has 0 spiro atoms. The van der Waals surface area contributed by atoms with Gasteiger partial charge in [0.25, 0.3) is 11.5 Å². The van der Waals surface area contributed by atoms with Gasteiger partial charge in [-0.05, 0) is 36.8 Å². The van der Waals surface area contributed by atoms with Gasteiger partial charge in [0.05, 0.1) is 37.4 Å². The monoisotopic (exact) mass is 634 g/mol. The van der Waals surface area contributed by atoms with Gasteiger partial charge in [-0.3, -0.25) is 9.59 Å². The number of rotatable bonds is 8. The highest BCUT2D eigenvalue weighted by Crippen LogP contribution is 2.34. The Balaban J connectivity index is 1.74. The first kappa shape index (κ1) is 27.3. The summed E-state index contributed by atoms with van der Waals surface area (Å²) in [7, 11) is 1.52. The van der Waals surface area contributed by atoms with E-state index in [4.69, 9.17) is 19.2 Å². The molecule has 0 aliphatic carbocycles. The standard InChI is InChI=1S/C26H28Br2N4O5/c1-4-16(2)25-30-21-6-5-18(27)12-20(21)26(34)32(25)29-14-17-11-19(28)13-22(35-3)24(17)37-15-23(33)31-7-9-36-10-8-31/h5-6,11-14,16H,4,7-10,15H2,1-3H3/t16-/m0/s1. The van der Waals surface area contributed by atoms with Crippen LogP contribution in [-0.4, -0.2) is 66.7 Å². The number of morpholine rings is 1. The molecule has 3 aromatic rings. The summed E-state index contributed by atoms with van der Waals surface area (Å²) in [6, 6.07) is 8.96. The number of halogens is 2.